The minimum absolute atomic E-state index is 0.835. The monoisotopic (exact) mass is 344 g/mol. The van der Waals surface area contributed by atoms with Crippen molar-refractivity contribution in [1.29, 1.82) is 0 Å². The molecule has 1 aromatic rings. The van der Waals surface area contributed by atoms with E-state index in [1.54, 1.807) is 0 Å². The Hall–Kier alpha value is -1.10. The summed E-state index contributed by atoms with van der Waals surface area (Å²) in [5.74, 6) is 1.70. The average molecular weight is 345 g/mol. The minimum Gasteiger partial charge on any atom is -0.374 e. The fraction of sp³-hybridized carbons (Fsp3) is 0.714. The number of rotatable bonds is 7. The molecule has 4 nitrogen and oxygen atoms in total. The predicted molar refractivity (Wildman–Crippen MR) is 107 cm³/mol. The predicted octanol–water partition coefficient (Wildman–Crippen LogP) is 2.55. The van der Waals surface area contributed by atoms with Crippen LogP contribution in [0.3, 0.4) is 0 Å². The third kappa shape index (κ3) is 5.98. The van der Waals surface area contributed by atoms with Gasteiger partial charge in [0.1, 0.15) is 0 Å². The smallest absolute Gasteiger partial charge is 0.0363 e. The Morgan fingerprint density at radius 3 is 1.88 bits per heavy atom. The molecule has 2 aliphatic heterocycles. The van der Waals surface area contributed by atoms with Gasteiger partial charge in [-0.15, -0.1) is 0 Å². The molecular formula is C21H36N4. The second kappa shape index (κ2) is 9.56. The lowest BCUT2D eigenvalue weighted by Crippen LogP contribution is -2.34. The van der Waals surface area contributed by atoms with Gasteiger partial charge in [-0.25, -0.2) is 0 Å². The van der Waals surface area contributed by atoms with Gasteiger partial charge < -0.3 is 20.4 Å². The normalized spacial score (nSPS) is 20.1. The third-order valence-corrected chi connectivity index (χ3v) is 5.85. The molecule has 2 aliphatic rings. The van der Waals surface area contributed by atoms with E-state index in [2.05, 4.69) is 58.8 Å². The summed E-state index contributed by atoms with van der Waals surface area (Å²) >= 11 is 0. The van der Waals surface area contributed by atoms with Crippen molar-refractivity contribution in [2.75, 3.05) is 58.3 Å². The molecule has 0 bridgehead atoms. The molecule has 0 atom stereocenters. The summed E-state index contributed by atoms with van der Waals surface area (Å²) in [6.07, 6.45) is 5.27. The van der Waals surface area contributed by atoms with Crippen LogP contribution in [0.5, 0.6) is 0 Å². The summed E-state index contributed by atoms with van der Waals surface area (Å²) in [5.41, 5.74) is 2.78. The topological polar surface area (TPSA) is 30.5 Å². The van der Waals surface area contributed by atoms with Gasteiger partial charge in [-0.1, -0.05) is 12.1 Å². The zero-order chi connectivity index (χ0) is 17.5. The fourth-order valence-electron chi connectivity index (χ4n) is 4.29. The van der Waals surface area contributed by atoms with Crippen LogP contribution in [0.4, 0.5) is 5.69 Å². The maximum absolute atomic E-state index is 3.46. The Morgan fingerprint density at radius 1 is 0.800 bits per heavy atom. The lowest BCUT2D eigenvalue weighted by molar-refractivity contribution is 0.234. The average Bonchev–Trinajstić information content (AvgIpc) is 2.64. The van der Waals surface area contributed by atoms with Crippen LogP contribution < -0.4 is 15.5 Å². The van der Waals surface area contributed by atoms with Crippen LogP contribution in [0.1, 0.15) is 31.2 Å². The van der Waals surface area contributed by atoms with Crippen molar-refractivity contribution in [3.63, 3.8) is 0 Å². The van der Waals surface area contributed by atoms with E-state index in [0.717, 1.165) is 18.4 Å². The highest BCUT2D eigenvalue weighted by molar-refractivity contribution is 5.46. The standard InChI is InChI=1S/C21H36N4/c1-24(16-19-7-11-22-12-8-19)15-18-3-5-21(6-4-18)25(2)17-20-9-13-23-14-10-20/h3-6,19-20,22-23H,7-17H2,1-2H3. The van der Waals surface area contributed by atoms with Gasteiger partial charge in [0.2, 0.25) is 0 Å². The second-order valence-electron chi connectivity index (χ2n) is 8.13. The molecule has 0 spiro atoms. The van der Waals surface area contributed by atoms with Gasteiger partial charge in [-0.05, 0) is 88.4 Å². The van der Waals surface area contributed by atoms with Crippen molar-refractivity contribution in [2.45, 2.75) is 32.2 Å². The first kappa shape index (κ1) is 18.7. The summed E-state index contributed by atoms with van der Waals surface area (Å²) in [7, 11) is 4.50. The van der Waals surface area contributed by atoms with Crippen molar-refractivity contribution in [3.8, 4) is 0 Å². The lowest BCUT2D eigenvalue weighted by atomic mass is 9.97. The van der Waals surface area contributed by atoms with Gasteiger partial charge in [0.25, 0.3) is 0 Å². The highest BCUT2D eigenvalue weighted by atomic mass is 15.1. The van der Waals surface area contributed by atoms with Gasteiger partial charge in [-0.3, -0.25) is 0 Å². The van der Waals surface area contributed by atoms with E-state index in [9.17, 15) is 0 Å². The first-order chi connectivity index (χ1) is 12.2. The SMILES string of the molecule is CN(Cc1ccc(N(C)CC2CCNCC2)cc1)CC1CCNCC1. The summed E-state index contributed by atoms with van der Waals surface area (Å²) in [5, 5.41) is 6.91. The minimum atomic E-state index is 0.835. The largest absolute Gasteiger partial charge is 0.374 e. The molecule has 3 rings (SSSR count). The molecule has 0 aromatic heterocycles. The first-order valence-electron chi connectivity index (χ1n) is 10.1. The number of benzene rings is 1. The molecule has 2 N–H and O–H groups in total. The third-order valence-electron chi connectivity index (χ3n) is 5.85. The molecule has 25 heavy (non-hydrogen) atoms. The summed E-state index contributed by atoms with van der Waals surface area (Å²) in [6.45, 7) is 8.20. The quantitative estimate of drug-likeness (QED) is 0.796. The molecule has 0 amide bonds. The van der Waals surface area contributed by atoms with E-state index in [0.29, 0.717) is 0 Å². The van der Waals surface area contributed by atoms with Crippen LogP contribution >= 0.6 is 0 Å². The van der Waals surface area contributed by atoms with E-state index in [1.165, 1.54) is 76.2 Å². The van der Waals surface area contributed by atoms with Gasteiger partial charge in [-0.2, -0.15) is 0 Å². The van der Waals surface area contributed by atoms with E-state index < -0.39 is 0 Å². The maximum Gasteiger partial charge on any atom is 0.0363 e. The van der Waals surface area contributed by atoms with Gasteiger partial charge in [0.05, 0.1) is 0 Å². The Bertz CT molecular complexity index is 489. The van der Waals surface area contributed by atoms with Crippen LogP contribution in [-0.4, -0.2) is 58.3 Å². The second-order valence-corrected chi connectivity index (χ2v) is 8.13. The van der Waals surface area contributed by atoms with Crippen LogP contribution in [0.25, 0.3) is 0 Å². The van der Waals surface area contributed by atoms with E-state index in [1.807, 2.05) is 0 Å². The summed E-state index contributed by atoms with van der Waals surface area (Å²) in [4.78, 5) is 4.92. The molecule has 0 unspecified atom stereocenters. The first-order valence-corrected chi connectivity index (χ1v) is 10.1. The number of piperidine rings is 2. The Labute approximate surface area is 154 Å². The molecule has 0 radical (unpaired) electrons. The van der Waals surface area contributed by atoms with Crippen LogP contribution in [-0.2, 0) is 6.54 Å². The van der Waals surface area contributed by atoms with Gasteiger partial charge >= 0.3 is 0 Å². The number of hydrogen-bond acceptors (Lipinski definition) is 4. The summed E-state index contributed by atoms with van der Waals surface area (Å²) in [6, 6.07) is 9.23. The molecule has 1 aromatic carbocycles. The highest BCUT2D eigenvalue weighted by Gasteiger charge is 2.16. The number of nitrogens with one attached hydrogen (secondary N) is 2. The van der Waals surface area contributed by atoms with Crippen molar-refractivity contribution in [3.05, 3.63) is 29.8 Å². The van der Waals surface area contributed by atoms with Crippen LogP contribution in [0.15, 0.2) is 24.3 Å². The maximum atomic E-state index is 3.46. The number of hydrogen-bond donors (Lipinski definition) is 2. The molecule has 2 saturated heterocycles. The molecular weight excluding hydrogens is 308 g/mol. The van der Waals surface area contributed by atoms with E-state index in [4.69, 9.17) is 0 Å². The Morgan fingerprint density at radius 2 is 1.32 bits per heavy atom. The Balaban J connectivity index is 1.45. The Kier molecular flexibility index (Phi) is 7.14. The zero-order valence-electron chi connectivity index (χ0n) is 16.1. The molecule has 2 fully saturated rings. The number of anilines is 1. The van der Waals surface area contributed by atoms with Gasteiger partial charge in [0, 0.05) is 32.4 Å². The molecule has 140 valence electrons. The molecule has 2 heterocycles. The van der Waals surface area contributed by atoms with E-state index in [-0.39, 0.29) is 0 Å². The van der Waals surface area contributed by atoms with Crippen LogP contribution in [0.2, 0.25) is 0 Å². The summed E-state index contributed by atoms with van der Waals surface area (Å²) < 4.78 is 0. The van der Waals surface area contributed by atoms with Crippen molar-refractivity contribution >= 4 is 5.69 Å². The van der Waals surface area contributed by atoms with Crippen LogP contribution in [0, 0.1) is 11.8 Å². The lowest BCUT2D eigenvalue weighted by Gasteiger charge is -2.29. The molecule has 4 heteroatoms. The van der Waals surface area contributed by atoms with Gasteiger partial charge in [0.15, 0.2) is 0 Å². The fourth-order valence-corrected chi connectivity index (χ4v) is 4.29. The molecule has 0 aliphatic carbocycles. The van der Waals surface area contributed by atoms with E-state index >= 15 is 0 Å². The molecule has 0 saturated carbocycles. The van der Waals surface area contributed by atoms with Crippen molar-refractivity contribution in [1.82, 2.24) is 15.5 Å². The number of nitrogens with zero attached hydrogens (tertiary/aromatic N) is 2. The zero-order valence-corrected chi connectivity index (χ0v) is 16.1. The van der Waals surface area contributed by atoms with Crippen molar-refractivity contribution in [2.24, 2.45) is 11.8 Å². The highest BCUT2D eigenvalue weighted by Crippen LogP contribution is 2.20. The van der Waals surface area contributed by atoms with Crippen molar-refractivity contribution < 1.29 is 0 Å².